The first-order valence-electron chi connectivity index (χ1n) is 7.90. The van der Waals surface area contributed by atoms with Crippen LogP contribution in [0.15, 0.2) is 12.2 Å². The maximum atomic E-state index is 12.3. The summed E-state index contributed by atoms with van der Waals surface area (Å²) in [5, 5.41) is 13.2. The molecular weight excluding hydrogens is 286 g/mol. The maximum absolute atomic E-state index is 12.3. The molecule has 0 aromatic carbocycles. The van der Waals surface area contributed by atoms with E-state index in [9.17, 15) is 9.90 Å². The van der Waals surface area contributed by atoms with Crippen molar-refractivity contribution in [2.75, 3.05) is 13.7 Å². The lowest BCUT2D eigenvalue weighted by atomic mass is 9.85. The van der Waals surface area contributed by atoms with E-state index in [1.165, 1.54) is 7.11 Å². The smallest absolute Gasteiger partial charge is 0.256 e. The predicted molar refractivity (Wildman–Crippen MR) is 80.9 cm³/mol. The van der Waals surface area contributed by atoms with Gasteiger partial charge in [0.15, 0.2) is 6.10 Å². The molecule has 2 saturated heterocycles. The zero-order valence-electron chi connectivity index (χ0n) is 13.6. The van der Waals surface area contributed by atoms with E-state index < -0.39 is 17.8 Å². The Labute approximate surface area is 131 Å². The van der Waals surface area contributed by atoms with E-state index in [0.717, 1.165) is 24.8 Å². The largest absolute Gasteiger partial charge is 0.378 e. The molecule has 6 heteroatoms. The monoisotopic (exact) mass is 313 g/mol. The second-order valence-corrected chi connectivity index (χ2v) is 6.23. The highest BCUT2D eigenvalue weighted by Crippen LogP contribution is 2.38. The summed E-state index contributed by atoms with van der Waals surface area (Å²) in [6, 6.07) is 0. The number of nitrogens with one attached hydrogen (secondary N) is 1. The molecule has 2 rings (SSSR count). The number of carbonyl (C=O) groups excluding carboxylic acids is 1. The quantitative estimate of drug-likeness (QED) is 0.766. The molecule has 22 heavy (non-hydrogen) atoms. The summed E-state index contributed by atoms with van der Waals surface area (Å²) in [4.78, 5) is 12.3. The Balaban J connectivity index is 2.05. The number of amides is 1. The van der Waals surface area contributed by atoms with Gasteiger partial charge in [-0.2, -0.15) is 0 Å². The third kappa shape index (κ3) is 3.51. The molecule has 1 amide bonds. The minimum Gasteiger partial charge on any atom is -0.378 e. The molecule has 0 radical (unpaired) electrons. The molecule has 2 fully saturated rings. The van der Waals surface area contributed by atoms with E-state index in [1.807, 2.05) is 13.8 Å². The summed E-state index contributed by atoms with van der Waals surface area (Å²) >= 11 is 0. The number of rotatable bonds is 4. The van der Waals surface area contributed by atoms with Crippen LogP contribution in [0.1, 0.15) is 39.5 Å². The summed E-state index contributed by atoms with van der Waals surface area (Å²) in [5.41, 5.74) is 0.904. The average Bonchev–Trinajstić information content (AvgIpc) is 2.52. The van der Waals surface area contributed by atoms with E-state index in [-0.39, 0.29) is 24.7 Å². The van der Waals surface area contributed by atoms with Crippen LogP contribution >= 0.6 is 0 Å². The van der Waals surface area contributed by atoms with Crippen molar-refractivity contribution < 1.29 is 24.1 Å². The average molecular weight is 313 g/mol. The van der Waals surface area contributed by atoms with Crippen molar-refractivity contribution in [3.05, 3.63) is 12.2 Å². The van der Waals surface area contributed by atoms with Gasteiger partial charge in [0.2, 0.25) is 5.79 Å². The third-order valence-corrected chi connectivity index (χ3v) is 4.70. The zero-order valence-corrected chi connectivity index (χ0v) is 13.6. The number of aliphatic hydroxyl groups is 1. The van der Waals surface area contributed by atoms with Crippen LogP contribution in [0, 0.1) is 5.92 Å². The Morgan fingerprint density at radius 3 is 2.77 bits per heavy atom. The molecule has 0 bridgehead atoms. The molecule has 5 atom stereocenters. The molecule has 0 unspecified atom stereocenters. The summed E-state index contributed by atoms with van der Waals surface area (Å²) in [6.45, 7) is 8.54. The number of carbonyl (C=O) groups is 1. The number of aliphatic hydroxyl groups excluding tert-OH is 1. The van der Waals surface area contributed by atoms with Crippen LogP contribution in [-0.4, -0.2) is 49.0 Å². The van der Waals surface area contributed by atoms with Gasteiger partial charge < -0.3 is 24.6 Å². The Morgan fingerprint density at radius 2 is 2.23 bits per heavy atom. The van der Waals surface area contributed by atoms with E-state index in [4.69, 9.17) is 14.2 Å². The molecule has 2 aliphatic rings. The van der Waals surface area contributed by atoms with Crippen LogP contribution in [0.4, 0.5) is 0 Å². The zero-order chi connectivity index (χ0) is 16.3. The molecule has 126 valence electrons. The van der Waals surface area contributed by atoms with Crippen LogP contribution in [0.5, 0.6) is 0 Å². The lowest BCUT2D eigenvalue weighted by molar-refractivity contribution is -0.297. The minimum absolute atomic E-state index is 0.153. The summed E-state index contributed by atoms with van der Waals surface area (Å²) in [5.74, 6) is -1.77. The highest BCUT2D eigenvalue weighted by atomic mass is 16.7. The normalized spacial score (nSPS) is 37.6. The van der Waals surface area contributed by atoms with E-state index in [0.29, 0.717) is 6.61 Å². The highest BCUT2D eigenvalue weighted by Gasteiger charge is 2.49. The Morgan fingerprint density at radius 1 is 1.50 bits per heavy atom. The molecule has 6 nitrogen and oxygen atoms in total. The first-order chi connectivity index (χ1) is 10.4. The predicted octanol–water partition coefficient (Wildman–Crippen LogP) is 1.33. The van der Waals surface area contributed by atoms with Gasteiger partial charge in [-0.1, -0.05) is 19.1 Å². The molecule has 0 aromatic rings. The van der Waals surface area contributed by atoms with Crippen molar-refractivity contribution in [2.45, 2.75) is 63.8 Å². The number of hydrogen-bond donors (Lipinski definition) is 2. The number of hydrogen-bond acceptors (Lipinski definition) is 5. The van der Waals surface area contributed by atoms with Crippen LogP contribution in [0.3, 0.4) is 0 Å². The Bertz CT molecular complexity index is 421. The van der Waals surface area contributed by atoms with Gasteiger partial charge >= 0.3 is 0 Å². The molecule has 0 saturated carbocycles. The first kappa shape index (κ1) is 17.4. The van der Waals surface area contributed by atoms with Crippen molar-refractivity contribution in [2.24, 2.45) is 5.92 Å². The summed E-state index contributed by atoms with van der Waals surface area (Å²) in [7, 11) is 1.43. The molecule has 2 aliphatic heterocycles. The fraction of sp³-hybridized carbons (Fsp3) is 0.812. The number of methoxy groups -OCH3 is 1. The van der Waals surface area contributed by atoms with Gasteiger partial charge in [-0.25, -0.2) is 0 Å². The molecule has 0 aromatic heterocycles. The summed E-state index contributed by atoms with van der Waals surface area (Å²) in [6.07, 6.45) is 1.06. The van der Waals surface area contributed by atoms with Crippen LogP contribution in [-0.2, 0) is 19.0 Å². The Hall–Kier alpha value is -0.950. The van der Waals surface area contributed by atoms with Gasteiger partial charge in [-0.3, -0.25) is 4.79 Å². The van der Waals surface area contributed by atoms with Crippen LogP contribution in [0.2, 0.25) is 0 Å². The maximum Gasteiger partial charge on any atom is 0.256 e. The van der Waals surface area contributed by atoms with Crippen molar-refractivity contribution in [1.29, 1.82) is 0 Å². The number of ether oxygens (including phenoxy) is 3. The van der Waals surface area contributed by atoms with Gasteiger partial charge in [0.25, 0.3) is 5.91 Å². The minimum atomic E-state index is -1.44. The third-order valence-electron chi connectivity index (χ3n) is 4.70. The molecule has 2 heterocycles. The van der Waals surface area contributed by atoms with E-state index in [1.54, 1.807) is 0 Å². The second kappa shape index (κ2) is 7.08. The molecular formula is C16H27NO5. The SMILES string of the molecule is C=C1C[C@](OC)([C@H](O)C(=O)N[C@H]2CCCCO2)O[C@H](C)[C@@H]1C. The van der Waals surface area contributed by atoms with Crippen LogP contribution in [0.25, 0.3) is 0 Å². The van der Waals surface area contributed by atoms with Crippen molar-refractivity contribution >= 4 is 5.91 Å². The van der Waals surface area contributed by atoms with E-state index in [2.05, 4.69) is 11.9 Å². The fourth-order valence-corrected chi connectivity index (χ4v) is 2.95. The van der Waals surface area contributed by atoms with Crippen molar-refractivity contribution in [1.82, 2.24) is 5.32 Å². The van der Waals surface area contributed by atoms with Gasteiger partial charge in [0.05, 0.1) is 6.10 Å². The van der Waals surface area contributed by atoms with Gasteiger partial charge in [-0.15, -0.1) is 0 Å². The first-order valence-corrected chi connectivity index (χ1v) is 7.90. The van der Waals surface area contributed by atoms with Gasteiger partial charge in [0, 0.05) is 26.1 Å². The summed E-state index contributed by atoms with van der Waals surface area (Å²) < 4.78 is 16.7. The van der Waals surface area contributed by atoms with Crippen LogP contribution < -0.4 is 5.32 Å². The molecule has 0 spiro atoms. The fourth-order valence-electron chi connectivity index (χ4n) is 2.95. The van der Waals surface area contributed by atoms with Gasteiger partial charge in [0.1, 0.15) is 6.23 Å². The standard InChI is InChI=1S/C16H27NO5/c1-10-9-16(20-4,22-12(3)11(10)2)14(18)15(19)17-13-7-5-6-8-21-13/h11-14,18H,1,5-9H2,2-4H3,(H,17,19)/t11-,12-,13-,14-,16-/m1/s1. The van der Waals surface area contributed by atoms with Crippen molar-refractivity contribution in [3.63, 3.8) is 0 Å². The Kier molecular flexibility index (Phi) is 5.60. The lowest BCUT2D eigenvalue weighted by Gasteiger charge is -2.45. The second-order valence-electron chi connectivity index (χ2n) is 6.23. The topological polar surface area (TPSA) is 77.0 Å². The highest BCUT2D eigenvalue weighted by molar-refractivity contribution is 5.81. The van der Waals surface area contributed by atoms with E-state index >= 15 is 0 Å². The van der Waals surface area contributed by atoms with Gasteiger partial charge in [-0.05, 0) is 26.2 Å². The molecule has 0 aliphatic carbocycles. The molecule has 2 N–H and O–H groups in total. The lowest BCUT2D eigenvalue weighted by Crippen LogP contribution is -2.59. The van der Waals surface area contributed by atoms with Crippen molar-refractivity contribution in [3.8, 4) is 0 Å².